The second-order valence-corrected chi connectivity index (χ2v) is 6.08. The maximum atomic E-state index is 12.5. The van der Waals surface area contributed by atoms with Crippen molar-refractivity contribution in [1.82, 2.24) is 9.55 Å². The fourth-order valence-electron chi connectivity index (χ4n) is 2.81. The summed E-state index contributed by atoms with van der Waals surface area (Å²) >= 11 is 0. The molecule has 0 aliphatic carbocycles. The minimum absolute atomic E-state index is 0.0763. The van der Waals surface area contributed by atoms with Crippen LogP contribution in [0.2, 0.25) is 0 Å². The van der Waals surface area contributed by atoms with Crippen LogP contribution in [0, 0.1) is 13.8 Å². The van der Waals surface area contributed by atoms with Crippen molar-refractivity contribution in [2.75, 3.05) is 36.5 Å². The zero-order valence-corrected chi connectivity index (χ0v) is 14.5. The van der Waals surface area contributed by atoms with Crippen LogP contribution in [-0.4, -0.2) is 41.8 Å². The van der Waals surface area contributed by atoms with E-state index in [0.29, 0.717) is 37.9 Å². The lowest BCUT2D eigenvalue weighted by Crippen LogP contribution is -2.41. The smallest absolute Gasteiger partial charge is 0.255 e. The third kappa shape index (κ3) is 4.06. The molecular formula is C18H22N4O3. The van der Waals surface area contributed by atoms with Gasteiger partial charge >= 0.3 is 0 Å². The normalized spacial score (nSPS) is 14.4. The molecule has 3 rings (SSSR count). The van der Waals surface area contributed by atoms with Crippen molar-refractivity contribution in [3.05, 3.63) is 51.9 Å². The molecule has 25 heavy (non-hydrogen) atoms. The van der Waals surface area contributed by atoms with Crippen molar-refractivity contribution in [3.8, 4) is 0 Å². The quantitative estimate of drug-likeness (QED) is 0.907. The number of morpholine rings is 1. The summed E-state index contributed by atoms with van der Waals surface area (Å²) < 4.78 is 6.78. The Hall–Kier alpha value is -2.67. The molecule has 1 saturated heterocycles. The molecule has 2 heterocycles. The minimum Gasteiger partial charge on any atom is -0.378 e. The number of hydrogen-bond donors (Lipinski definition) is 1. The lowest BCUT2D eigenvalue weighted by Gasteiger charge is -2.29. The van der Waals surface area contributed by atoms with Crippen LogP contribution in [0.3, 0.4) is 0 Å². The van der Waals surface area contributed by atoms with Gasteiger partial charge in [-0.3, -0.25) is 14.2 Å². The number of ether oxygens (including phenoxy) is 1. The first kappa shape index (κ1) is 17.2. The average molecular weight is 342 g/mol. The molecule has 0 saturated carbocycles. The van der Waals surface area contributed by atoms with Gasteiger partial charge in [0.05, 0.1) is 13.2 Å². The highest BCUT2D eigenvalue weighted by Gasteiger charge is 2.19. The largest absolute Gasteiger partial charge is 0.378 e. The van der Waals surface area contributed by atoms with E-state index in [2.05, 4.69) is 10.3 Å². The zero-order valence-electron chi connectivity index (χ0n) is 14.5. The molecule has 0 unspecified atom stereocenters. The Labute approximate surface area is 146 Å². The second kappa shape index (κ2) is 7.48. The van der Waals surface area contributed by atoms with E-state index in [1.54, 1.807) is 6.92 Å². The zero-order chi connectivity index (χ0) is 17.8. The molecule has 132 valence electrons. The van der Waals surface area contributed by atoms with Crippen LogP contribution in [0.4, 0.5) is 11.6 Å². The monoisotopic (exact) mass is 342 g/mol. The van der Waals surface area contributed by atoms with E-state index in [1.807, 2.05) is 36.1 Å². The topological polar surface area (TPSA) is 76.5 Å². The van der Waals surface area contributed by atoms with Gasteiger partial charge < -0.3 is 15.0 Å². The van der Waals surface area contributed by atoms with E-state index in [9.17, 15) is 9.59 Å². The van der Waals surface area contributed by atoms with Crippen molar-refractivity contribution >= 4 is 17.5 Å². The van der Waals surface area contributed by atoms with Crippen LogP contribution in [-0.2, 0) is 16.1 Å². The van der Waals surface area contributed by atoms with Crippen molar-refractivity contribution in [2.45, 2.75) is 20.4 Å². The summed E-state index contributed by atoms with van der Waals surface area (Å²) in [5.74, 6) is 0.268. The average Bonchev–Trinajstić information content (AvgIpc) is 2.60. The van der Waals surface area contributed by atoms with Crippen LogP contribution in [0.25, 0.3) is 0 Å². The Bertz CT molecular complexity index is 825. The number of para-hydroxylation sites is 1. The van der Waals surface area contributed by atoms with Crippen molar-refractivity contribution in [1.29, 1.82) is 0 Å². The number of aromatic nitrogens is 2. The van der Waals surface area contributed by atoms with Crippen LogP contribution < -0.4 is 15.8 Å². The fourth-order valence-corrected chi connectivity index (χ4v) is 2.81. The molecule has 7 heteroatoms. The number of carbonyl (C=O) groups excluding carboxylic acids is 1. The van der Waals surface area contributed by atoms with Gasteiger partial charge in [-0.05, 0) is 25.5 Å². The standard InChI is InChI=1S/C18H22N4O3/c1-13-5-3-4-6-15(13)20-16(23)12-22-17(24)11-14(2)19-18(22)21-7-9-25-10-8-21/h3-6,11H,7-10,12H2,1-2H3,(H,20,23). The van der Waals surface area contributed by atoms with Crippen LogP contribution in [0.1, 0.15) is 11.3 Å². The molecule has 1 aliphatic heterocycles. The van der Waals surface area contributed by atoms with E-state index in [1.165, 1.54) is 10.6 Å². The minimum atomic E-state index is -0.253. The molecule has 1 N–H and O–H groups in total. The summed E-state index contributed by atoms with van der Waals surface area (Å²) in [6.45, 7) is 6.09. The molecule has 1 fully saturated rings. The summed E-state index contributed by atoms with van der Waals surface area (Å²) in [5.41, 5.74) is 2.13. The molecule has 0 atom stereocenters. The highest BCUT2D eigenvalue weighted by atomic mass is 16.5. The Morgan fingerprint density at radius 2 is 1.96 bits per heavy atom. The number of aryl methyl sites for hydroxylation is 2. The Morgan fingerprint density at radius 1 is 1.24 bits per heavy atom. The molecular weight excluding hydrogens is 320 g/mol. The number of nitrogens with one attached hydrogen (secondary N) is 1. The molecule has 1 aromatic heterocycles. The maximum Gasteiger partial charge on any atom is 0.255 e. The number of hydrogen-bond acceptors (Lipinski definition) is 5. The van der Waals surface area contributed by atoms with Gasteiger partial charge in [-0.15, -0.1) is 0 Å². The number of anilines is 2. The van der Waals surface area contributed by atoms with Crippen molar-refractivity contribution in [2.24, 2.45) is 0 Å². The molecule has 1 aromatic carbocycles. The van der Waals surface area contributed by atoms with Crippen molar-refractivity contribution in [3.63, 3.8) is 0 Å². The van der Waals surface area contributed by atoms with E-state index in [-0.39, 0.29) is 18.0 Å². The summed E-state index contributed by atoms with van der Waals surface area (Å²) in [6, 6.07) is 8.99. The van der Waals surface area contributed by atoms with Gasteiger partial charge in [0, 0.05) is 30.5 Å². The van der Waals surface area contributed by atoms with E-state index in [0.717, 1.165) is 11.3 Å². The molecule has 0 bridgehead atoms. The number of carbonyl (C=O) groups is 1. The molecule has 1 aliphatic rings. The molecule has 7 nitrogen and oxygen atoms in total. The predicted molar refractivity (Wildman–Crippen MR) is 96.1 cm³/mol. The van der Waals surface area contributed by atoms with Gasteiger partial charge in [0.1, 0.15) is 6.54 Å². The Balaban J connectivity index is 1.85. The van der Waals surface area contributed by atoms with Gasteiger partial charge in [-0.2, -0.15) is 0 Å². The summed E-state index contributed by atoms with van der Waals surface area (Å²) in [4.78, 5) is 31.4. The third-order valence-corrected chi connectivity index (χ3v) is 4.13. The first-order chi connectivity index (χ1) is 12.0. The second-order valence-electron chi connectivity index (χ2n) is 6.08. The molecule has 2 aromatic rings. The third-order valence-electron chi connectivity index (χ3n) is 4.13. The van der Waals surface area contributed by atoms with E-state index in [4.69, 9.17) is 4.74 Å². The van der Waals surface area contributed by atoms with Crippen LogP contribution >= 0.6 is 0 Å². The summed E-state index contributed by atoms with van der Waals surface area (Å²) in [7, 11) is 0. The highest BCUT2D eigenvalue weighted by Crippen LogP contribution is 2.15. The van der Waals surface area contributed by atoms with Gasteiger partial charge in [-0.1, -0.05) is 18.2 Å². The Kier molecular flexibility index (Phi) is 5.14. The van der Waals surface area contributed by atoms with Crippen LogP contribution in [0.15, 0.2) is 35.1 Å². The van der Waals surface area contributed by atoms with Crippen LogP contribution in [0.5, 0.6) is 0 Å². The molecule has 0 spiro atoms. The fraction of sp³-hybridized carbons (Fsp3) is 0.389. The lowest BCUT2D eigenvalue weighted by atomic mass is 10.2. The molecule has 0 radical (unpaired) electrons. The number of rotatable bonds is 4. The highest BCUT2D eigenvalue weighted by molar-refractivity contribution is 5.91. The van der Waals surface area contributed by atoms with Gasteiger partial charge in [0.25, 0.3) is 5.56 Å². The van der Waals surface area contributed by atoms with Gasteiger partial charge in [0.15, 0.2) is 0 Å². The SMILES string of the molecule is Cc1cc(=O)n(CC(=O)Nc2ccccc2C)c(N2CCOCC2)n1. The van der Waals surface area contributed by atoms with Gasteiger partial charge in [0.2, 0.25) is 11.9 Å². The first-order valence-corrected chi connectivity index (χ1v) is 8.31. The lowest BCUT2D eigenvalue weighted by molar-refractivity contribution is -0.116. The first-order valence-electron chi connectivity index (χ1n) is 8.31. The number of amides is 1. The number of nitrogens with zero attached hydrogens (tertiary/aromatic N) is 3. The van der Waals surface area contributed by atoms with Crippen molar-refractivity contribution < 1.29 is 9.53 Å². The summed E-state index contributed by atoms with van der Waals surface area (Å²) in [6.07, 6.45) is 0. The van der Waals surface area contributed by atoms with E-state index >= 15 is 0 Å². The van der Waals surface area contributed by atoms with E-state index < -0.39 is 0 Å². The Morgan fingerprint density at radius 3 is 2.68 bits per heavy atom. The van der Waals surface area contributed by atoms with Gasteiger partial charge in [-0.25, -0.2) is 4.98 Å². The predicted octanol–water partition coefficient (Wildman–Crippen LogP) is 1.34. The number of benzene rings is 1. The molecule has 1 amide bonds. The summed E-state index contributed by atoms with van der Waals surface area (Å²) in [5, 5.41) is 2.86. The maximum absolute atomic E-state index is 12.5.